The van der Waals surface area contributed by atoms with E-state index in [1.165, 1.54) is 22.3 Å². The second kappa shape index (κ2) is 24.8. The molecule has 256 valence electrons. The molecular weight excluding hydrogens is 592 g/mol. The maximum Gasteiger partial charge on any atom is 0.303 e. The molecule has 5 N–H and O–H groups in total. The lowest BCUT2D eigenvalue weighted by Gasteiger charge is -2.28. The fraction of sp³-hybridized carbons (Fsp3) is 0.421. The van der Waals surface area contributed by atoms with Gasteiger partial charge in [0, 0.05) is 32.0 Å². The van der Waals surface area contributed by atoms with Crippen molar-refractivity contribution in [1.29, 1.82) is 0 Å². The number of hydrogen-bond donors (Lipinski definition) is 4. The molecule has 4 rings (SSSR count). The van der Waals surface area contributed by atoms with Gasteiger partial charge in [-0.05, 0) is 61.0 Å². The summed E-state index contributed by atoms with van der Waals surface area (Å²) in [4.78, 5) is 44.3. The van der Waals surface area contributed by atoms with Gasteiger partial charge in [0.1, 0.15) is 6.79 Å². The molecule has 0 bridgehead atoms. The fourth-order valence-corrected chi connectivity index (χ4v) is 5.14. The highest BCUT2D eigenvalue weighted by Gasteiger charge is 2.21. The monoisotopic (exact) mass is 646 g/mol. The molecule has 9 nitrogen and oxygen atoms in total. The number of nitrogens with one attached hydrogen (secondary N) is 2. The minimum absolute atomic E-state index is 0.0677. The number of rotatable bonds is 13. The van der Waals surface area contributed by atoms with E-state index in [-0.39, 0.29) is 30.6 Å². The van der Waals surface area contributed by atoms with Gasteiger partial charge in [-0.15, -0.1) is 0 Å². The first kappa shape index (κ1) is 40.7. The Bertz CT molecular complexity index is 1290. The minimum atomic E-state index is -0.921. The molecule has 47 heavy (non-hydrogen) atoms. The lowest BCUT2D eigenvalue weighted by atomic mass is 9.90. The van der Waals surface area contributed by atoms with Crippen LogP contribution in [0, 0.1) is 0 Å². The van der Waals surface area contributed by atoms with Crippen LogP contribution in [0.15, 0.2) is 90.6 Å². The molecule has 0 radical (unpaired) electrons. The number of fused-ring (bicyclic) bond motifs is 1. The normalized spacial score (nSPS) is 14.1. The maximum absolute atomic E-state index is 12.4. The Morgan fingerprint density at radius 2 is 1.66 bits per heavy atom. The van der Waals surface area contributed by atoms with Gasteiger partial charge in [-0.2, -0.15) is 0 Å². The first-order valence-electron chi connectivity index (χ1n) is 16.6. The summed E-state index contributed by atoms with van der Waals surface area (Å²) in [5, 5.41) is 14.9. The second-order valence-electron chi connectivity index (χ2n) is 10.8. The highest BCUT2D eigenvalue weighted by atomic mass is 16.4. The van der Waals surface area contributed by atoms with Crippen molar-refractivity contribution in [2.75, 3.05) is 26.2 Å². The van der Waals surface area contributed by atoms with Crippen molar-refractivity contribution >= 4 is 24.6 Å². The van der Waals surface area contributed by atoms with E-state index in [0.717, 1.165) is 32.4 Å². The summed E-state index contributed by atoms with van der Waals surface area (Å²) in [7, 11) is 0. The molecule has 2 unspecified atom stereocenters. The van der Waals surface area contributed by atoms with E-state index in [4.69, 9.17) is 15.6 Å². The number of nitrogens with zero attached hydrogens (tertiary/aromatic N) is 1. The number of carboxylic acids is 1. The molecule has 2 aromatic carbocycles. The summed E-state index contributed by atoms with van der Waals surface area (Å²) in [5.74, 6) is -0.929. The molecule has 0 spiro atoms. The smallest absolute Gasteiger partial charge is 0.303 e. The zero-order valence-electron chi connectivity index (χ0n) is 28.3. The van der Waals surface area contributed by atoms with Crippen LogP contribution in [0.1, 0.15) is 75.5 Å². The molecule has 2 atom stereocenters. The quantitative estimate of drug-likeness (QED) is 0.216. The van der Waals surface area contributed by atoms with E-state index in [0.29, 0.717) is 26.1 Å². The Labute approximate surface area is 281 Å². The van der Waals surface area contributed by atoms with Gasteiger partial charge in [0.05, 0.1) is 12.5 Å². The number of carbonyl (C=O) groups is 4. The average molecular weight is 647 g/mol. The van der Waals surface area contributed by atoms with Gasteiger partial charge in [-0.3, -0.25) is 14.4 Å². The topological polar surface area (TPSA) is 142 Å². The molecule has 2 amide bonds. The number of allylic oxidation sites excluding steroid dienone is 5. The number of nitrogens with two attached hydrogens (primary N) is 1. The SMILES string of the molecule is C=O.CC.CCNCCCC(N)C(=O)NCC(C1=CCC=CC=C1)c1ccccc1.O=C(O)CCC(=O)N1CCc2ccccc2C1. The summed E-state index contributed by atoms with van der Waals surface area (Å²) in [6.07, 6.45) is 14.0. The van der Waals surface area contributed by atoms with Crippen LogP contribution < -0.4 is 16.4 Å². The van der Waals surface area contributed by atoms with Crippen molar-refractivity contribution < 1.29 is 24.3 Å². The molecule has 1 heterocycles. The van der Waals surface area contributed by atoms with Crippen LogP contribution in [-0.4, -0.2) is 66.8 Å². The predicted molar refractivity (Wildman–Crippen MR) is 190 cm³/mol. The molecule has 2 aromatic rings. The van der Waals surface area contributed by atoms with Gasteiger partial charge in [-0.25, -0.2) is 0 Å². The molecule has 9 heteroatoms. The number of carboxylic acid groups (broad SMARTS) is 1. The van der Waals surface area contributed by atoms with Gasteiger partial charge in [0.25, 0.3) is 0 Å². The summed E-state index contributed by atoms with van der Waals surface area (Å²) in [6.45, 7) is 11.8. The van der Waals surface area contributed by atoms with Crippen LogP contribution in [0.25, 0.3) is 0 Å². The first-order valence-corrected chi connectivity index (χ1v) is 16.6. The number of carbonyl (C=O) groups excluding carboxylic acids is 3. The van der Waals surface area contributed by atoms with Gasteiger partial charge >= 0.3 is 5.97 Å². The fourth-order valence-electron chi connectivity index (χ4n) is 5.14. The zero-order valence-corrected chi connectivity index (χ0v) is 28.3. The van der Waals surface area contributed by atoms with E-state index in [1.54, 1.807) is 4.90 Å². The zero-order chi connectivity index (χ0) is 34.9. The van der Waals surface area contributed by atoms with Crippen LogP contribution in [0.5, 0.6) is 0 Å². The molecule has 1 aliphatic heterocycles. The molecular formula is C38H54N4O5. The summed E-state index contributed by atoms with van der Waals surface area (Å²) >= 11 is 0. The highest BCUT2D eigenvalue weighted by Crippen LogP contribution is 2.26. The molecule has 0 fully saturated rings. The third kappa shape index (κ3) is 15.7. The molecule has 2 aliphatic rings. The minimum Gasteiger partial charge on any atom is -0.481 e. The number of amides is 2. The second-order valence-corrected chi connectivity index (χ2v) is 10.8. The highest BCUT2D eigenvalue weighted by molar-refractivity contribution is 5.81. The Balaban J connectivity index is 0.000000454. The predicted octanol–water partition coefficient (Wildman–Crippen LogP) is 5.32. The van der Waals surface area contributed by atoms with Crippen LogP contribution in [-0.2, 0) is 32.1 Å². The standard InChI is InChI=1S/C22H31N3O.C13H15NO3.C2H6.CH2O/c1-2-24-16-10-15-21(23)22(26)25-17-20(19-13-8-5-9-14-19)18-11-6-3-4-7-12-18;15-12(5-6-13(16)17)14-8-7-10-3-1-2-4-11(10)9-14;2*1-2/h3-6,8-9,11-14,20-21,24H,2,7,10,15-17,23H2,1H3,(H,25,26);1-4H,5-9H2,(H,16,17);1-2H3;1H2. The van der Waals surface area contributed by atoms with E-state index in [9.17, 15) is 14.4 Å². The van der Waals surface area contributed by atoms with Crippen molar-refractivity contribution in [2.24, 2.45) is 5.73 Å². The van der Waals surface area contributed by atoms with Crippen molar-refractivity contribution in [2.45, 2.75) is 77.8 Å². The van der Waals surface area contributed by atoms with Crippen LogP contribution in [0.4, 0.5) is 0 Å². The first-order chi connectivity index (χ1) is 22.9. The molecule has 1 aliphatic carbocycles. The third-order valence-electron chi connectivity index (χ3n) is 7.60. The van der Waals surface area contributed by atoms with E-state index in [2.05, 4.69) is 66.1 Å². The largest absolute Gasteiger partial charge is 0.481 e. The summed E-state index contributed by atoms with van der Waals surface area (Å²) in [6, 6.07) is 17.9. The van der Waals surface area contributed by atoms with E-state index in [1.807, 2.05) is 57.0 Å². The van der Waals surface area contributed by atoms with Gasteiger partial charge in [0.15, 0.2) is 0 Å². The molecule has 0 saturated carbocycles. The Kier molecular flexibility index (Phi) is 21.5. The summed E-state index contributed by atoms with van der Waals surface area (Å²) in [5.41, 5.74) is 10.9. The van der Waals surface area contributed by atoms with Crippen molar-refractivity contribution in [3.05, 3.63) is 107 Å². The Morgan fingerprint density at radius 1 is 0.979 bits per heavy atom. The number of benzene rings is 2. The van der Waals surface area contributed by atoms with E-state index >= 15 is 0 Å². The van der Waals surface area contributed by atoms with Crippen LogP contribution in [0.2, 0.25) is 0 Å². The Hall–Kier alpha value is -4.34. The van der Waals surface area contributed by atoms with Crippen LogP contribution in [0.3, 0.4) is 0 Å². The van der Waals surface area contributed by atoms with Crippen molar-refractivity contribution in [1.82, 2.24) is 15.5 Å². The average Bonchev–Trinajstić information content (AvgIpc) is 3.41. The number of hydrogen-bond acceptors (Lipinski definition) is 6. The lowest BCUT2D eigenvalue weighted by Crippen LogP contribution is -2.42. The third-order valence-corrected chi connectivity index (χ3v) is 7.60. The van der Waals surface area contributed by atoms with Gasteiger partial charge in [-0.1, -0.05) is 106 Å². The van der Waals surface area contributed by atoms with Crippen LogP contribution >= 0.6 is 0 Å². The van der Waals surface area contributed by atoms with Crippen molar-refractivity contribution in [3.8, 4) is 0 Å². The lowest BCUT2D eigenvalue weighted by molar-refractivity contribution is -0.141. The van der Waals surface area contributed by atoms with E-state index < -0.39 is 12.0 Å². The molecule has 0 aromatic heterocycles. The van der Waals surface area contributed by atoms with Gasteiger partial charge < -0.3 is 31.2 Å². The summed E-state index contributed by atoms with van der Waals surface area (Å²) < 4.78 is 0. The Morgan fingerprint density at radius 3 is 2.34 bits per heavy atom. The number of aliphatic carboxylic acids is 1. The maximum atomic E-state index is 12.4. The van der Waals surface area contributed by atoms with Crippen molar-refractivity contribution in [3.63, 3.8) is 0 Å². The molecule has 0 saturated heterocycles. The van der Waals surface area contributed by atoms with Gasteiger partial charge in [0.2, 0.25) is 11.8 Å².